The lowest BCUT2D eigenvalue weighted by Gasteiger charge is -2.16. The average molecular weight is 271 g/mol. The van der Waals surface area contributed by atoms with Crippen LogP contribution in [0.15, 0.2) is 36.7 Å². The Morgan fingerprint density at radius 3 is 2.90 bits per heavy atom. The standard InChI is InChI=1S/C15H21N5/c1-19-12-17-18-15(19)9-16-14-7-8-20(11-14)10-13-5-3-2-4-6-13/h2-6,12,14,16H,7-11H2,1H3. The monoisotopic (exact) mass is 271 g/mol. The summed E-state index contributed by atoms with van der Waals surface area (Å²) in [4.78, 5) is 2.50. The van der Waals surface area contributed by atoms with Crippen molar-refractivity contribution in [2.75, 3.05) is 13.1 Å². The molecule has 2 heterocycles. The number of aromatic nitrogens is 3. The van der Waals surface area contributed by atoms with Crippen molar-refractivity contribution in [2.45, 2.75) is 25.6 Å². The number of aryl methyl sites for hydroxylation is 1. The maximum Gasteiger partial charge on any atom is 0.146 e. The third-order valence-corrected chi connectivity index (χ3v) is 3.88. The van der Waals surface area contributed by atoms with E-state index in [9.17, 15) is 0 Å². The summed E-state index contributed by atoms with van der Waals surface area (Å²) in [6, 6.07) is 11.2. The zero-order valence-electron chi connectivity index (χ0n) is 11.9. The number of likely N-dealkylation sites (tertiary alicyclic amines) is 1. The molecule has 1 fully saturated rings. The van der Waals surface area contributed by atoms with Gasteiger partial charge in [-0.15, -0.1) is 10.2 Å². The Balaban J connectivity index is 1.46. The Kier molecular flexibility index (Phi) is 4.08. The van der Waals surface area contributed by atoms with Gasteiger partial charge in [0.2, 0.25) is 0 Å². The van der Waals surface area contributed by atoms with Crippen molar-refractivity contribution in [1.82, 2.24) is 25.0 Å². The molecule has 20 heavy (non-hydrogen) atoms. The summed E-state index contributed by atoms with van der Waals surface area (Å²) in [5, 5.41) is 11.6. The molecule has 1 unspecified atom stereocenters. The number of hydrogen-bond acceptors (Lipinski definition) is 4. The van der Waals surface area contributed by atoms with E-state index in [2.05, 4.69) is 50.7 Å². The molecule has 0 amide bonds. The maximum atomic E-state index is 4.10. The highest BCUT2D eigenvalue weighted by molar-refractivity contribution is 5.14. The van der Waals surface area contributed by atoms with Gasteiger partial charge in [-0.3, -0.25) is 4.90 Å². The summed E-state index contributed by atoms with van der Waals surface area (Å²) in [5.74, 6) is 0.992. The van der Waals surface area contributed by atoms with Gasteiger partial charge in [-0.25, -0.2) is 0 Å². The van der Waals surface area contributed by atoms with Crippen LogP contribution in [0.2, 0.25) is 0 Å². The van der Waals surface area contributed by atoms with E-state index in [1.165, 1.54) is 12.0 Å². The van der Waals surface area contributed by atoms with E-state index >= 15 is 0 Å². The van der Waals surface area contributed by atoms with Crippen molar-refractivity contribution in [3.05, 3.63) is 48.0 Å². The number of nitrogens with one attached hydrogen (secondary N) is 1. The minimum Gasteiger partial charge on any atom is -0.320 e. The molecule has 2 aromatic rings. The van der Waals surface area contributed by atoms with Crippen molar-refractivity contribution in [3.8, 4) is 0 Å². The Labute approximate surface area is 119 Å². The Hall–Kier alpha value is -1.72. The molecule has 0 aliphatic carbocycles. The molecule has 0 radical (unpaired) electrons. The molecule has 1 N–H and O–H groups in total. The molecule has 1 aliphatic rings. The largest absolute Gasteiger partial charge is 0.320 e. The zero-order chi connectivity index (χ0) is 13.8. The molecule has 1 aromatic carbocycles. The zero-order valence-corrected chi connectivity index (χ0v) is 11.9. The van der Waals surface area contributed by atoms with Gasteiger partial charge in [0.1, 0.15) is 12.2 Å². The summed E-state index contributed by atoms with van der Waals surface area (Å²) >= 11 is 0. The minimum absolute atomic E-state index is 0.551. The van der Waals surface area contributed by atoms with Gasteiger partial charge in [0, 0.05) is 32.7 Å². The summed E-state index contributed by atoms with van der Waals surface area (Å²) in [6.45, 7) is 4.10. The number of benzene rings is 1. The molecular weight excluding hydrogens is 250 g/mol. The van der Waals surface area contributed by atoms with Crippen LogP contribution in [-0.2, 0) is 20.1 Å². The van der Waals surface area contributed by atoms with E-state index in [1.54, 1.807) is 6.33 Å². The second kappa shape index (κ2) is 6.15. The summed E-state index contributed by atoms with van der Waals surface area (Å²) in [6.07, 6.45) is 2.94. The molecule has 0 bridgehead atoms. The molecule has 0 saturated carbocycles. The van der Waals surface area contributed by atoms with E-state index in [0.29, 0.717) is 6.04 Å². The third kappa shape index (κ3) is 3.23. The predicted molar refractivity (Wildman–Crippen MR) is 78.0 cm³/mol. The lowest BCUT2D eigenvalue weighted by Crippen LogP contribution is -2.32. The van der Waals surface area contributed by atoms with E-state index in [1.807, 2.05) is 11.6 Å². The molecule has 1 aromatic heterocycles. The normalized spacial score (nSPS) is 19.6. The van der Waals surface area contributed by atoms with Crippen LogP contribution in [0.1, 0.15) is 17.8 Å². The van der Waals surface area contributed by atoms with Gasteiger partial charge < -0.3 is 9.88 Å². The maximum absolute atomic E-state index is 4.10. The summed E-state index contributed by atoms with van der Waals surface area (Å²) in [5.41, 5.74) is 1.39. The predicted octanol–water partition coefficient (Wildman–Crippen LogP) is 1.18. The van der Waals surface area contributed by atoms with Crippen LogP contribution in [0, 0.1) is 0 Å². The van der Waals surface area contributed by atoms with Crippen LogP contribution in [0.25, 0.3) is 0 Å². The SMILES string of the molecule is Cn1cnnc1CNC1CCN(Cc2ccccc2)C1. The van der Waals surface area contributed by atoms with E-state index in [-0.39, 0.29) is 0 Å². The smallest absolute Gasteiger partial charge is 0.146 e. The Bertz CT molecular complexity index is 536. The fraction of sp³-hybridized carbons (Fsp3) is 0.467. The highest BCUT2D eigenvalue weighted by atomic mass is 15.3. The van der Waals surface area contributed by atoms with Crippen molar-refractivity contribution in [1.29, 1.82) is 0 Å². The summed E-state index contributed by atoms with van der Waals surface area (Å²) in [7, 11) is 1.98. The van der Waals surface area contributed by atoms with Gasteiger partial charge >= 0.3 is 0 Å². The van der Waals surface area contributed by atoms with E-state index < -0.39 is 0 Å². The molecule has 5 nitrogen and oxygen atoms in total. The molecule has 106 valence electrons. The van der Waals surface area contributed by atoms with Gasteiger partial charge in [0.25, 0.3) is 0 Å². The average Bonchev–Trinajstić information content (AvgIpc) is 3.07. The molecule has 1 atom stereocenters. The minimum atomic E-state index is 0.551. The number of rotatable bonds is 5. The second-order valence-electron chi connectivity index (χ2n) is 5.45. The highest BCUT2D eigenvalue weighted by Gasteiger charge is 2.22. The highest BCUT2D eigenvalue weighted by Crippen LogP contribution is 2.13. The fourth-order valence-electron chi connectivity index (χ4n) is 2.69. The van der Waals surface area contributed by atoms with E-state index in [0.717, 1.165) is 32.0 Å². The van der Waals surface area contributed by atoms with Crippen LogP contribution in [-0.4, -0.2) is 38.8 Å². The van der Waals surface area contributed by atoms with Crippen molar-refractivity contribution in [2.24, 2.45) is 7.05 Å². The first-order valence-corrected chi connectivity index (χ1v) is 7.14. The first kappa shape index (κ1) is 13.3. The quantitative estimate of drug-likeness (QED) is 0.887. The second-order valence-corrected chi connectivity index (χ2v) is 5.45. The molecule has 5 heteroatoms. The van der Waals surface area contributed by atoms with Crippen molar-refractivity contribution < 1.29 is 0 Å². The molecule has 3 rings (SSSR count). The molecule has 1 aliphatic heterocycles. The Morgan fingerprint density at radius 2 is 2.15 bits per heavy atom. The van der Waals surface area contributed by atoms with Gasteiger partial charge in [0.15, 0.2) is 0 Å². The van der Waals surface area contributed by atoms with Crippen molar-refractivity contribution in [3.63, 3.8) is 0 Å². The van der Waals surface area contributed by atoms with Crippen LogP contribution in [0.4, 0.5) is 0 Å². The fourth-order valence-corrected chi connectivity index (χ4v) is 2.69. The van der Waals surface area contributed by atoms with Gasteiger partial charge in [-0.1, -0.05) is 30.3 Å². The van der Waals surface area contributed by atoms with Crippen LogP contribution in [0.5, 0.6) is 0 Å². The molecule has 0 spiro atoms. The topological polar surface area (TPSA) is 46.0 Å². The lowest BCUT2D eigenvalue weighted by atomic mass is 10.2. The number of nitrogens with zero attached hydrogens (tertiary/aromatic N) is 4. The molecule has 1 saturated heterocycles. The van der Waals surface area contributed by atoms with Gasteiger partial charge in [0.05, 0.1) is 6.54 Å². The number of hydrogen-bond donors (Lipinski definition) is 1. The van der Waals surface area contributed by atoms with Crippen LogP contribution in [0.3, 0.4) is 0 Å². The lowest BCUT2D eigenvalue weighted by molar-refractivity contribution is 0.319. The van der Waals surface area contributed by atoms with Crippen LogP contribution >= 0.6 is 0 Å². The first-order chi connectivity index (χ1) is 9.81. The van der Waals surface area contributed by atoms with Gasteiger partial charge in [-0.2, -0.15) is 0 Å². The van der Waals surface area contributed by atoms with E-state index in [4.69, 9.17) is 0 Å². The first-order valence-electron chi connectivity index (χ1n) is 7.14. The Morgan fingerprint density at radius 1 is 1.30 bits per heavy atom. The van der Waals surface area contributed by atoms with Crippen molar-refractivity contribution >= 4 is 0 Å². The molecular formula is C15H21N5. The third-order valence-electron chi connectivity index (χ3n) is 3.88. The van der Waals surface area contributed by atoms with Gasteiger partial charge in [-0.05, 0) is 12.0 Å². The summed E-state index contributed by atoms with van der Waals surface area (Å²) < 4.78 is 1.96. The van der Waals surface area contributed by atoms with Crippen LogP contribution < -0.4 is 5.32 Å².